The van der Waals surface area contributed by atoms with Crippen molar-refractivity contribution in [2.75, 3.05) is 13.1 Å². The predicted octanol–water partition coefficient (Wildman–Crippen LogP) is 2.70. The number of carbonyl (C=O) groups excluding carboxylic acids is 2. The Labute approximate surface area is 132 Å². The lowest BCUT2D eigenvalue weighted by atomic mass is 9.87. The van der Waals surface area contributed by atoms with Crippen molar-refractivity contribution >= 4 is 11.8 Å². The maximum absolute atomic E-state index is 12.5. The highest BCUT2D eigenvalue weighted by Crippen LogP contribution is 2.33. The van der Waals surface area contributed by atoms with Crippen LogP contribution in [0.2, 0.25) is 0 Å². The molecule has 2 atom stereocenters. The minimum absolute atomic E-state index is 0.0820. The maximum atomic E-state index is 12.5. The van der Waals surface area contributed by atoms with Crippen LogP contribution in [0.3, 0.4) is 0 Å². The largest absolute Gasteiger partial charge is 0.356 e. The molecule has 0 aliphatic carbocycles. The first-order valence-corrected chi connectivity index (χ1v) is 8.22. The van der Waals surface area contributed by atoms with E-state index in [0.717, 1.165) is 25.8 Å². The van der Waals surface area contributed by atoms with E-state index in [0.29, 0.717) is 18.9 Å². The predicted molar refractivity (Wildman–Crippen MR) is 87.5 cm³/mol. The van der Waals surface area contributed by atoms with Gasteiger partial charge in [0.2, 0.25) is 11.8 Å². The maximum Gasteiger partial charge on any atom is 0.224 e. The summed E-state index contributed by atoms with van der Waals surface area (Å²) in [4.78, 5) is 25.4. The van der Waals surface area contributed by atoms with Gasteiger partial charge in [0.05, 0.1) is 0 Å². The Hall–Kier alpha value is -1.84. The molecular weight excluding hydrogens is 276 g/mol. The van der Waals surface area contributed by atoms with E-state index in [9.17, 15) is 9.59 Å². The third-order valence-electron chi connectivity index (χ3n) is 4.46. The lowest BCUT2D eigenvalue weighted by molar-refractivity contribution is -0.132. The second-order valence-electron chi connectivity index (χ2n) is 5.96. The van der Waals surface area contributed by atoms with Crippen LogP contribution >= 0.6 is 0 Å². The molecule has 1 heterocycles. The van der Waals surface area contributed by atoms with E-state index in [1.807, 2.05) is 11.0 Å². The molecule has 0 unspecified atom stereocenters. The lowest BCUT2D eigenvalue weighted by Gasteiger charge is -2.31. The molecule has 1 aliphatic rings. The van der Waals surface area contributed by atoms with Crippen LogP contribution in [0.5, 0.6) is 0 Å². The molecule has 120 valence electrons. The fraction of sp³-hybridized carbons (Fsp3) is 0.556. The molecule has 1 aromatic carbocycles. The van der Waals surface area contributed by atoms with Gasteiger partial charge >= 0.3 is 0 Å². The fourth-order valence-electron chi connectivity index (χ4n) is 3.44. The van der Waals surface area contributed by atoms with Gasteiger partial charge in [0.15, 0.2) is 0 Å². The molecule has 0 radical (unpaired) electrons. The molecule has 4 nitrogen and oxygen atoms in total. The number of nitrogens with one attached hydrogen (secondary N) is 1. The average Bonchev–Trinajstić information content (AvgIpc) is 2.98. The van der Waals surface area contributed by atoms with Gasteiger partial charge in [0.25, 0.3) is 0 Å². The van der Waals surface area contributed by atoms with E-state index in [1.165, 1.54) is 12.5 Å². The Kier molecular flexibility index (Phi) is 5.99. The first-order valence-electron chi connectivity index (χ1n) is 8.22. The summed E-state index contributed by atoms with van der Waals surface area (Å²) < 4.78 is 0. The zero-order valence-electron chi connectivity index (χ0n) is 13.5. The van der Waals surface area contributed by atoms with Gasteiger partial charge in [-0.3, -0.25) is 9.59 Å². The smallest absolute Gasteiger partial charge is 0.224 e. The number of hydrogen-bond acceptors (Lipinski definition) is 2. The molecule has 1 fully saturated rings. The second kappa shape index (κ2) is 7.97. The average molecular weight is 302 g/mol. The highest BCUT2D eigenvalue weighted by Gasteiger charge is 2.34. The Morgan fingerprint density at radius 3 is 2.68 bits per heavy atom. The van der Waals surface area contributed by atoms with E-state index in [4.69, 9.17) is 0 Å². The first kappa shape index (κ1) is 16.5. The van der Waals surface area contributed by atoms with Crippen molar-refractivity contribution in [3.63, 3.8) is 0 Å². The highest BCUT2D eigenvalue weighted by molar-refractivity contribution is 5.78. The van der Waals surface area contributed by atoms with E-state index < -0.39 is 0 Å². The fourth-order valence-corrected chi connectivity index (χ4v) is 3.44. The summed E-state index contributed by atoms with van der Waals surface area (Å²) in [7, 11) is 0. The van der Waals surface area contributed by atoms with Gasteiger partial charge in [-0.05, 0) is 24.8 Å². The molecular formula is C18H26N2O2. The van der Waals surface area contributed by atoms with Crippen molar-refractivity contribution in [2.45, 2.75) is 51.5 Å². The van der Waals surface area contributed by atoms with Crippen LogP contribution in [0.25, 0.3) is 0 Å². The normalized spacial score (nSPS) is 19.0. The van der Waals surface area contributed by atoms with Crippen molar-refractivity contribution in [3.8, 4) is 0 Å². The zero-order chi connectivity index (χ0) is 15.9. The minimum Gasteiger partial charge on any atom is -0.356 e. The van der Waals surface area contributed by atoms with Crippen LogP contribution < -0.4 is 5.32 Å². The zero-order valence-corrected chi connectivity index (χ0v) is 13.5. The van der Waals surface area contributed by atoms with Crippen molar-refractivity contribution in [2.24, 2.45) is 0 Å². The van der Waals surface area contributed by atoms with Crippen LogP contribution in [-0.2, 0) is 9.59 Å². The Bertz CT molecular complexity index is 501. The molecule has 2 rings (SSSR count). The molecule has 4 heteroatoms. The SMILES string of the molecule is CC[C@H](c1ccccc1)[C@@H]1CCCN1C(=O)CCNC(C)=O. The van der Waals surface area contributed by atoms with Gasteiger partial charge in [-0.15, -0.1) is 0 Å². The van der Waals surface area contributed by atoms with Gasteiger partial charge in [0, 0.05) is 38.4 Å². The molecule has 0 aromatic heterocycles. The highest BCUT2D eigenvalue weighted by atomic mass is 16.2. The van der Waals surface area contributed by atoms with Gasteiger partial charge in [-0.1, -0.05) is 37.3 Å². The summed E-state index contributed by atoms with van der Waals surface area (Å²) in [6, 6.07) is 10.8. The van der Waals surface area contributed by atoms with Crippen LogP contribution in [-0.4, -0.2) is 35.8 Å². The number of carbonyl (C=O) groups is 2. The minimum atomic E-state index is -0.0820. The molecule has 1 saturated heterocycles. The van der Waals surface area contributed by atoms with Crippen LogP contribution in [0, 0.1) is 0 Å². The van der Waals surface area contributed by atoms with Crippen LogP contribution in [0.15, 0.2) is 30.3 Å². The molecule has 0 saturated carbocycles. The molecule has 1 aromatic rings. The summed E-state index contributed by atoms with van der Waals surface area (Å²) >= 11 is 0. The topological polar surface area (TPSA) is 49.4 Å². The molecule has 1 aliphatic heterocycles. The summed E-state index contributed by atoms with van der Waals surface area (Å²) in [6.45, 7) is 4.94. The quantitative estimate of drug-likeness (QED) is 0.878. The first-order chi connectivity index (χ1) is 10.6. The summed E-state index contributed by atoms with van der Waals surface area (Å²) in [6.07, 6.45) is 3.56. The second-order valence-corrected chi connectivity index (χ2v) is 5.96. The van der Waals surface area contributed by atoms with Crippen molar-refractivity contribution in [1.82, 2.24) is 10.2 Å². The van der Waals surface area contributed by atoms with Gasteiger partial charge < -0.3 is 10.2 Å². The number of likely N-dealkylation sites (tertiary alicyclic amines) is 1. The van der Waals surface area contributed by atoms with Gasteiger partial charge in [-0.25, -0.2) is 0 Å². The Morgan fingerprint density at radius 1 is 1.32 bits per heavy atom. The number of nitrogens with zero attached hydrogens (tertiary/aromatic N) is 1. The van der Waals surface area contributed by atoms with E-state index >= 15 is 0 Å². The standard InChI is InChI=1S/C18H26N2O2/c1-3-16(15-8-5-4-6-9-15)17-10-7-13-20(17)18(22)11-12-19-14(2)21/h4-6,8-9,16-17H,3,7,10-13H2,1-2H3,(H,19,21)/t16-,17+/m1/s1. The molecule has 1 N–H and O–H groups in total. The van der Waals surface area contributed by atoms with Crippen molar-refractivity contribution < 1.29 is 9.59 Å². The summed E-state index contributed by atoms with van der Waals surface area (Å²) in [5.74, 6) is 0.473. The summed E-state index contributed by atoms with van der Waals surface area (Å²) in [5.41, 5.74) is 1.32. The van der Waals surface area contributed by atoms with E-state index in [2.05, 4.69) is 36.5 Å². The number of rotatable bonds is 6. The third kappa shape index (κ3) is 4.09. The van der Waals surface area contributed by atoms with Crippen LogP contribution in [0.1, 0.15) is 51.0 Å². The van der Waals surface area contributed by atoms with Crippen LogP contribution in [0.4, 0.5) is 0 Å². The summed E-state index contributed by atoms with van der Waals surface area (Å²) in [5, 5.41) is 2.70. The Morgan fingerprint density at radius 2 is 2.05 bits per heavy atom. The third-order valence-corrected chi connectivity index (χ3v) is 4.46. The van der Waals surface area contributed by atoms with Crippen molar-refractivity contribution in [3.05, 3.63) is 35.9 Å². The monoisotopic (exact) mass is 302 g/mol. The Balaban J connectivity index is 2.02. The molecule has 22 heavy (non-hydrogen) atoms. The number of amides is 2. The van der Waals surface area contributed by atoms with E-state index in [-0.39, 0.29) is 17.9 Å². The van der Waals surface area contributed by atoms with Crippen molar-refractivity contribution in [1.29, 1.82) is 0 Å². The number of benzene rings is 1. The molecule has 0 bridgehead atoms. The lowest BCUT2D eigenvalue weighted by Crippen LogP contribution is -2.40. The molecule has 0 spiro atoms. The van der Waals surface area contributed by atoms with Gasteiger partial charge in [0.1, 0.15) is 0 Å². The van der Waals surface area contributed by atoms with Gasteiger partial charge in [-0.2, -0.15) is 0 Å². The van der Waals surface area contributed by atoms with E-state index in [1.54, 1.807) is 0 Å². The molecule has 2 amide bonds. The number of hydrogen-bond donors (Lipinski definition) is 1.